The van der Waals surface area contributed by atoms with Crippen molar-refractivity contribution in [2.24, 2.45) is 0 Å². The van der Waals surface area contributed by atoms with E-state index in [1.807, 2.05) is 19.0 Å². The van der Waals surface area contributed by atoms with E-state index in [0.717, 1.165) is 43.1 Å². The Morgan fingerprint density at radius 3 is 3.00 bits per heavy atom. The third-order valence-electron chi connectivity index (χ3n) is 3.56. The number of rotatable bonds is 1. The second kappa shape index (κ2) is 4.12. The molecule has 3 heterocycles. The zero-order valence-electron chi connectivity index (χ0n) is 10.7. The first-order valence-electron chi connectivity index (χ1n) is 6.28. The lowest BCUT2D eigenvalue weighted by Gasteiger charge is -2.40. The molecular formula is C12H17N5O. The first-order valence-corrected chi connectivity index (χ1v) is 6.28. The molecule has 1 fully saturated rings. The summed E-state index contributed by atoms with van der Waals surface area (Å²) >= 11 is 0. The van der Waals surface area contributed by atoms with Crippen molar-refractivity contribution >= 4 is 23.2 Å². The van der Waals surface area contributed by atoms with E-state index >= 15 is 0 Å². The molecule has 2 aliphatic heterocycles. The van der Waals surface area contributed by atoms with Gasteiger partial charge in [0.2, 0.25) is 5.91 Å². The summed E-state index contributed by atoms with van der Waals surface area (Å²) in [6.45, 7) is 0.898. The van der Waals surface area contributed by atoms with Crippen LogP contribution in [-0.2, 0) is 4.79 Å². The molecule has 2 aliphatic rings. The van der Waals surface area contributed by atoms with Gasteiger partial charge < -0.3 is 15.1 Å². The van der Waals surface area contributed by atoms with Gasteiger partial charge in [0, 0.05) is 20.6 Å². The van der Waals surface area contributed by atoms with Crippen LogP contribution < -0.4 is 15.1 Å². The fourth-order valence-electron chi connectivity index (χ4n) is 2.70. The molecule has 0 radical (unpaired) electrons. The Hall–Kier alpha value is -1.85. The third kappa shape index (κ3) is 1.60. The molecule has 96 valence electrons. The Bertz CT molecular complexity index is 487. The average Bonchev–Trinajstić information content (AvgIpc) is 2.38. The maximum atomic E-state index is 12.1. The maximum absolute atomic E-state index is 12.1. The summed E-state index contributed by atoms with van der Waals surface area (Å²) in [6, 6.07) is -0.0591. The summed E-state index contributed by atoms with van der Waals surface area (Å²) in [5, 5.41) is 2.96. The van der Waals surface area contributed by atoms with Gasteiger partial charge in [-0.25, -0.2) is 9.97 Å². The number of hydrogen-bond acceptors (Lipinski definition) is 5. The van der Waals surface area contributed by atoms with Crippen molar-refractivity contribution in [2.75, 3.05) is 35.8 Å². The van der Waals surface area contributed by atoms with Gasteiger partial charge >= 0.3 is 0 Å². The Balaban J connectivity index is 2.09. The Labute approximate surface area is 106 Å². The first kappa shape index (κ1) is 11.3. The fourth-order valence-corrected chi connectivity index (χ4v) is 2.70. The van der Waals surface area contributed by atoms with E-state index in [0.29, 0.717) is 0 Å². The predicted molar refractivity (Wildman–Crippen MR) is 70.0 cm³/mol. The molecule has 1 unspecified atom stereocenters. The lowest BCUT2D eigenvalue weighted by Crippen LogP contribution is -2.51. The van der Waals surface area contributed by atoms with E-state index in [4.69, 9.17) is 0 Å². The highest BCUT2D eigenvalue weighted by atomic mass is 16.2. The average molecular weight is 247 g/mol. The molecule has 1 aromatic rings. The molecule has 1 saturated heterocycles. The summed E-state index contributed by atoms with van der Waals surface area (Å²) in [5.74, 6) is 1.69. The van der Waals surface area contributed by atoms with Crippen molar-refractivity contribution in [2.45, 2.75) is 25.3 Å². The van der Waals surface area contributed by atoms with E-state index in [1.54, 1.807) is 6.33 Å². The van der Waals surface area contributed by atoms with Crippen LogP contribution in [0.3, 0.4) is 0 Å². The molecule has 1 atom stereocenters. The second-order valence-electron chi connectivity index (χ2n) is 4.98. The summed E-state index contributed by atoms with van der Waals surface area (Å²) in [6.07, 6.45) is 4.70. The first-order chi connectivity index (χ1) is 8.68. The molecule has 0 spiro atoms. The van der Waals surface area contributed by atoms with Gasteiger partial charge in [-0.2, -0.15) is 0 Å². The van der Waals surface area contributed by atoms with Crippen molar-refractivity contribution in [3.05, 3.63) is 6.33 Å². The van der Waals surface area contributed by atoms with E-state index in [9.17, 15) is 4.79 Å². The maximum Gasteiger partial charge on any atom is 0.247 e. The van der Waals surface area contributed by atoms with E-state index < -0.39 is 0 Å². The monoisotopic (exact) mass is 247 g/mol. The standard InChI is InChI=1S/C12H17N5O/c1-16(2)10-9-11(14-7-13-10)17-6-4-3-5-8(17)12(18)15-9/h7-8H,3-6H2,1-2H3,(H,15,18). The zero-order valence-corrected chi connectivity index (χ0v) is 10.7. The van der Waals surface area contributed by atoms with Gasteiger partial charge in [0.25, 0.3) is 0 Å². The minimum absolute atomic E-state index is 0.0591. The highest BCUT2D eigenvalue weighted by Gasteiger charge is 2.37. The van der Waals surface area contributed by atoms with Crippen molar-refractivity contribution < 1.29 is 4.79 Å². The van der Waals surface area contributed by atoms with Crippen LogP contribution in [0.15, 0.2) is 6.33 Å². The largest absolute Gasteiger partial charge is 0.361 e. The smallest absolute Gasteiger partial charge is 0.247 e. The molecule has 1 N–H and O–H groups in total. The van der Waals surface area contributed by atoms with Crippen LogP contribution in [0, 0.1) is 0 Å². The van der Waals surface area contributed by atoms with Gasteiger partial charge in [0.05, 0.1) is 0 Å². The molecule has 6 nitrogen and oxygen atoms in total. The normalized spacial score (nSPS) is 22.0. The van der Waals surface area contributed by atoms with E-state index in [1.165, 1.54) is 0 Å². The SMILES string of the molecule is CN(C)c1ncnc2c1NC(=O)C1CCCCN21. The zero-order chi connectivity index (χ0) is 12.7. The van der Waals surface area contributed by atoms with Crippen LogP contribution in [0.4, 0.5) is 17.3 Å². The lowest BCUT2D eigenvalue weighted by atomic mass is 9.99. The number of amides is 1. The van der Waals surface area contributed by atoms with Crippen molar-refractivity contribution in [3.63, 3.8) is 0 Å². The second-order valence-corrected chi connectivity index (χ2v) is 4.98. The van der Waals surface area contributed by atoms with Gasteiger partial charge in [-0.15, -0.1) is 0 Å². The lowest BCUT2D eigenvalue weighted by molar-refractivity contribution is -0.118. The van der Waals surface area contributed by atoms with Crippen LogP contribution in [0.2, 0.25) is 0 Å². The number of nitrogens with zero attached hydrogens (tertiary/aromatic N) is 4. The number of piperidine rings is 1. The van der Waals surface area contributed by atoms with Gasteiger partial charge in [-0.3, -0.25) is 4.79 Å². The quantitative estimate of drug-likeness (QED) is 0.797. The van der Waals surface area contributed by atoms with Gasteiger partial charge in [-0.05, 0) is 19.3 Å². The topological polar surface area (TPSA) is 61.4 Å². The molecule has 1 amide bonds. The number of fused-ring (bicyclic) bond motifs is 3. The van der Waals surface area contributed by atoms with Crippen molar-refractivity contribution in [1.82, 2.24) is 9.97 Å². The van der Waals surface area contributed by atoms with Gasteiger partial charge in [0.1, 0.15) is 18.1 Å². The number of carbonyl (C=O) groups excluding carboxylic acids is 1. The van der Waals surface area contributed by atoms with Gasteiger partial charge in [-0.1, -0.05) is 0 Å². The summed E-state index contributed by atoms with van der Waals surface area (Å²) < 4.78 is 0. The van der Waals surface area contributed by atoms with Crippen LogP contribution in [-0.4, -0.2) is 42.6 Å². The minimum Gasteiger partial charge on any atom is -0.361 e. The summed E-state index contributed by atoms with van der Waals surface area (Å²) in [4.78, 5) is 24.7. The van der Waals surface area contributed by atoms with E-state index in [2.05, 4.69) is 20.2 Å². The minimum atomic E-state index is -0.0591. The number of carbonyl (C=O) groups is 1. The molecule has 18 heavy (non-hydrogen) atoms. The Kier molecular flexibility index (Phi) is 2.57. The third-order valence-corrected chi connectivity index (χ3v) is 3.56. The van der Waals surface area contributed by atoms with Crippen molar-refractivity contribution in [1.29, 1.82) is 0 Å². The van der Waals surface area contributed by atoms with Crippen LogP contribution >= 0.6 is 0 Å². The number of aromatic nitrogens is 2. The summed E-state index contributed by atoms with van der Waals surface area (Å²) in [5.41, 5.74) is 0.741. The highest BCUT2D eigenvalue weighted by Crippen LogP contribution is 2.38. The van der Waals surface area contributed by atoms with Crippen molar-refractivity contribution in [3.8, 4) is 0 Å². The molecule has 0 saturated carbocycles. The Morgan fingerprint density at radius 2 is 2.22 bits per heavy atom. The highest BCUT2D eigenvalue weighted by molar-refractivity contribution is 6.05. The van der Waals surface area contributed by atoms with Gasteiger partial charge in [0.15, 0.2) is 11.6 Å². The number of anilines is 3. The number of hydrogen-bond donors (Lipinski definition) is 1. The van der Waals surface area contributed by atoms with Crippen LogP contribution in [0.25, 0.3) is 0 Å². The fraction of sp³-hybridized carbons (Fsp3) is 0.583. The molecule has 6 heteroatoms. The molecule has 0 aromatic carbocycles. The van der Waals surface area contributed by atoms with Crippen LogP contribution in [0.5, 0.6) is 0 Å². The van der Waals surface area contributed by atoms with E-state index in [-0.39, 0.29) is 11.9 Å². The molecule has 0 bridgehead atoms. The Morgan fingerprint density at radius 1 is 1.39 bits per heavy atom. The van der Waals surface area contributed by atoms with Crippen LogP contribution in [0.1, 0.15) is 19.3 Å². The summed E-state index contributed by atoms with van der Waals surface area (Å²) in [7, 11) is 3.83. The molecule has 1 aromatic heterocycles. The molecule has 0 aliphatic carbocycles. The molecule has 3 rings (SSSR count). The predicted octanol–water partition coefficient (Wildman–Crippen LogP) is 0.854. The molecular weight excluding hydrogens is 230 g/mol. The number of nitrogens with one attached hydrogen (secondary N) is 1.